The largest absolute Gasteiger partial charge is 0.356 e. The van der Waals surface area contributed by atoms with Crippen molar-refractivity contribution in [3.8, 4) is 0 Å². The zero-order valence-electron chi connectivity index (χ0n) is 20.2. The quantitative estimate of drug-likeness (QED) is 0.259. The average Bonchev–Trinajstić information content (AvgIpc) is 3.41. The van der Waals surface area contributed by atoms with Crippen LogP contribution in [0.3, 0.4) is 0 Å². The summed E-state index contributed by atoms with van der Waals surface area (Å²) in [4.78, 5) is 16.2. The maximum Gasteiger partial charge on any atom is 0.228 e. The number of nitrogens with zero attached hydrogens (tertiary/aromatic N) is 5. The van der Waals surface area contributed by atoms with E-state index >= 15 is 0 Å². The van der Waals surface area contributed by atoms with Gasteiger partial charge in [-0.1, -0.05) is 13.8 Å². The molecule has 0 spiro atoms. The molecule has 36 heavy (non-hydrogen) atoms. The van der Waals surface area contributed by atoms with Crippen molar-refractivity contribution in [2.45, 2.75) is 52.0 Å². The fourth-order valence-electron chi connectivity index (χ4n) is 4.74. The summed E-state index contributed by atoms with van der Waals surface area (Å²) >= 11 is 0. The van der Waals surface area contributed by atoms with E-state index in [0.717, 1.165) is 29.3 Å². The Bertz CT molecular complexity index is 1540. The molecule has 0 saturated carbocycles. The number of nitrogens with one attached hydrogen (secondary N) is 2. The molecule has 0 amide bonds. The van der Waals surface area contributed by atoms with Gasteiger partial charge in [0.15, 0.2) is 11.5 Å². The maximum atomic E-state index is 14.3. The van der Waals surface area contributed by atoms with E-state index in [1.165, 1.54) is 25.3 Å². The second-order valence-electron chi connectivity index (χ2n) is 9.34. The van der Waals surface area contributed by atoms with Crippen LogP contribution in [0.25, 0.3) is 22.1 Å². The number of aromatic amines is 1. The lowest BCUT2D eigenvalue weighted by Gasteiger charge is -2.24. The van der Waals surface area contributed by atoms with Crippen LogP contribution < -0.4 is 5.32 Å². The summed E-state index contributed by atoms with van der Waals surface area (Å²) in [5.41, 5.74) is 4.01. The molecule has 0 aliphatic heterocycles. The van der Waals surface area contributed by atoms with E-state index in [9.17, 15) is 13.2 Å². The van der Waals surface area contributed by atoms with E-state index in [2.05, 4.69) is 37.1 Å². The molecular weight excluding hydrogens is 467 g/mol. The van der Waals surface area contributed by atoms with E-state index in [4.69, 9.17) is 0 Å². The number of fused-ring (bicyclic) bond motifs is 4. The minimum Gasteiger partial charge on any atom is -0.356 e. The molecule has 186 valence electrons. The van der Waals surface area contributed by atoms with Crippen molar-refractivity contribution in [3.05, 3.63) is 70.7 Å². The number of allylic oxidation sites excluding steroid dienone is 3. The summed E-state index contributed by atoms with van der Waals surface area (Å²) in [6.45, 7) is 8.89. The average molecular weight is 494 g/mol. The molecular formula is C26H26F3N7. The molecule has 10 heteroatoms. The molecule has 0 bridgehead atoms. The Kier molecular flexibility index (Phi) is 6.11. The van der Waals surface area contributed by atoms with Crippen LogP contribution in [0.4, 0.5) is 19.1 Å². The SMILES string of the molecule is C=N/C=C(\C=C(/C)F)c1nc(N[C@H]2CCc3[nH]c4c(F)cc(F)cc4c3C2)n2ncc(C(C)C)c2n1. The van der Waals surface area contributed by atoms with Gasteiger partial charge in [-0.05, 0) is 56.5 Å². The van der Waals surface area contributed by atoms with Crippen molar-refractivity contribution >= 4 is 34.8 Å². The molecule has 1 aliphatic carbocycles. The number of aliphatic imine (C=N–C) groups is 1. The molecule has 5 rings (SSSR count). The second kappa shape index (κ2) is 9.25. The molecule has 1 aliphatic rings. The third kappa shape index (κ3) is 4.27. The van der Waals surface area contributed by atoms with Gasteiger partial charge in [0.25, 0.3) is 0 Å². The first kappa shape index (κ1) is 23.8. The number of aromatic nitrogens is 5. The van der Waals surface area contributed by atoms with Crippen LogP contribution >= 0.6 is 0 Å². The number of benzene rings is 1. The van der Waals surface area contributed by atoms with Crippen molar-refractivity contribution in [1.29, 1.82) is 0 Å². The van der Waals surface area contributed by atoms with E-state index in [0.29, 0.717) is 40.9 Å². The summed E-state index contributed by atoms with van der Waals surface area (Å²) in [6, 6.07) is 2.17. The van der Waals surface area contributed by atoms with Crippen molar-refractivity contribution in [1.82, 2.24) is 24.6 Å². The second-order valence-corrected chi connectivity index (χ2v) is 9.34. The summed E-state index contributed by atoms with van der Waals surface area (Å²) in [6.07, 6.45) is 6.40. The van der Waals surface area contributed by atoms with Gasteiger partial charge in [-0.3, -0.25) is 4.99 Å². The Hall–Kier alpha value is -3.95. The maximum absolute atomic E-state index is 14.3. The van der Waals surface area contributed by atoms with E-state index < -0.39 is 17.5 Å². The number of hydrogen-bond donors (Lipinski definition) is 2. The molecule has 4 aromatic rings. The van der Waals surface area contributed by atoms with Gasteiger partial charge in [0, 0.05) is 40.5 Å². The van der Waals surface area contributed by atoms with Crippen molar-refractivity contribution in [2.24, 2.45) is 4.99 Å². The van der Waals surface area contributed by atoms with Gasteiger partial charge < -0.3 is 10.3 Å². The van der Waals surface area contributed by atoms with Gasteiger partial charge >= 0.3 is 0 Å². The highest BCUT2D eigenvalue weighted by atomic mass is 19.1. The van der Waals surface area contributed by atoms with Crippen LogP contribution in [0.2, 0.25) is 0 Å². The molecule has 1 aromatic carbocycles. The highest BCUT2D eigenvalue weighted by Crippen LogP contribution is 2.32. The molecule has 7 nitrogen and oxygen atoms in total. The van der Waals surface area contributed by atoms with Crippen LogP contribution in [0, 0.1) is 11.6 Å². The third-order valence-electron chi connectivity index (χ3n) is 6.41. The lowest BCUT2D eigenvalue weighted by Crippen LogP contribution is -2.29. The normalized spacial score (nSPS) is 16.7. The third-order valence-corrected chi connectivity index (χ3v) is 6.41. The molecule has 1 atom stereocenters. The Labute approximate surface area is 205 Å². The van der Waals surface area contributed by atoms with Crippen LogP contribution in [0.5, 0.6) is 0 Å². The number of anilines is 1. The van der Waals surface area contributed by atoms with Gasteiger partial charge in [-0.2, -0.15) is 14.6 Å². The molecule has 0 fully saturated rings. The molecule has 3 heterocycles. The fraction of sp³-hybridized carbons (Fsp3) is 0.308. The van der Waals surface area contributed by atoms with Crippen molar-refractivity contribution in [2.75, 3.05) is 5.32 Å². The number of halogens is 3. The smallest absolute Gasteiger partial charge is 0.228 e. The molecule has 0 unspecified atom stereocenters. The Morgan fingerprint density at radius 2 is 2.11 bits per heavy atom. The first-order valence-corrected chi connectivity index (χ1v) is 11.8. The van der Waals surface area contributed by atoms with Crippen LogP contribution in [0.15, 0.2) is 41.4 Å². The van der Waals surface area contributed by atoms with Gasteiger partial charge in [-0.25, -0.2) is 18.2 Å². The molecule has 0 radical (unpaired) electrons. The lowest BCUT2D eigenvalue weighted by molar-refractivity contribution is 0.591. The number of rotatable bonds is 6. The van der Waals surface area contributed by atoms with Gasteiger partial charge in [0.2, 0.25) is 5.95 Å². The number of H-pyrrole nitrogens is 1. The first-order valence-electron chi connectivity index (χ1n) is 11.8. The summed E-state index contributed by atoms with van der Waals surface area (Å²) in [5, 5.41) is 8.50. The number of hydrogen-bond acceptors (Lipinski definition) is 5. The van der Waals surface area contributed by atoms with Crippen LogP contribution in [-0.2, 0) is 12.8 Å². The minimum atomic E-state index is -0.608. The standard InChI is InChI=1S/C26H26F3N7/c1-13(2)20-12-31-36-25(20)34-24(15(11-30-4)7-14(3)27)35-26(36)32-17-5-6-22-18(10-17)19-8-16(28)9-21(29)23(19)33-22/h7-9,11-13,17,33H,4-6,10H2,1-3H3,(H,32,34,35)/b14-7+,15-11+/t17-/m0/s1. The summed E-state index contributed by atoms with van der Waals surface area (Å²) < 4.78 is 43.7. The fourth-order valence-corrected chi connectivity index (χ4v) is 4.74. The van der Waals surface area contributed by atoms with Crippen molar-refractivity contribution < 1.29 is 13.2 Å². The van der Waals surface area contributed by atoms with Gasteiger partial charge in [0.1, 0.15) is 11.6 Å². The highest BCUT2D eigenvalue weighted by Gasteiger charge is 2.26. The van der Waals surface area contributed by atoms with Crippen LogP contribution in [-0.4, -0.2) is 37.3 Å². The summed E-state index contributed by atoms with van der Waals surface area (Å²) in [5.74, 6) is -0.760. The van der Waals surface area contributed by atoms with E-state index in [1.807, 2.05) is 13.8 Å². The monoisotopic (exact) mass is 493 g/mol. The molecule has 0 saturated heterocycles. The molecule has 3 aromatic heterocycles. The van der Waals surface area contributed by atoms with Gasteiger partial charge in [-0.15, -0.1) is 0 Å². The summed E-state index contributed by atoms with van der Waals surface area (Å²) in [7, 11) is 0. The highest BCUT2D eigenvalue weighted by molar-refractivity contribution is 5.85. The molecule has 2 N–H and O–H groups in total. The zero-order valence-corrected chi connectivity index (χ0v) is 20.2. The van der Waals surface area contributed by atoms with E-state index in [1.54, 1.807) is 10.7 Å². The Morgan fingerprint density at radius 3 is 2.83 bits per heavy atom. The predicted octanol–water partition coefficient (Wildman–Crippen LogP) is 5.89. The zero-order chi connectivity index (χ0) is 25.6. The van der Waals surface area contributed by atoms with Crippen LogP contribution in [0.1, 0.15) is 55.8 Å². The van der Waals surface area contributed by atoms with E-state index in [-0.39, 0.29) is 17.8 Å². The minimum absolute atomic E-state index is 0.0797. The Balaban J connectivity index is 1.57. The first-order chi connectivity index (χ1) is 17.2. The lowest BCUT2D eigenvalue weighted by atomic mass is 9.91. The Morgan fingerprint density at radius 1 is 1.31 bits per heavy atom. The number of aryl methyl sites for hydroxylation is 1. The van der Waals surface area contributed by atoms with Crippen molar-refractivity contribution in [3.63, 3.8) is 0 Å². The van der Waals surface area contributed by atoms with Gasteiger partial charge in [0.05, 0.1) is 17.5 Å². The predicted molar refractivity (Wildman–Crippen MR) is 135 cm³/mol. The topological polar surface area (TPSA) is 83.3 Å².